The Kier molecular flexibility index (Phi) is 5.92. The minimum atomic E-state index is -0.643. The summed E-state index contributed by atoms with van der Waals surface area (Å²) >= 11 is 7.76. The molecule has 0 spiro atoms. The molecule has 1 atom stereocenters. The number of nitrogens with one attached hydrogen (secondary N) is 1. The van der Waals surface area contributed by atoms with Crippen LogP contribution in [-0.4, -0.2) is 33.6 Å². The zero-order valence-corrected chi connectivity index (χ0v) is 19.6. The van der Waals surface area contributed by atoms with E-state index in [9.17, 15) is 9.59 Å². The lowest BCUT2D eigenvalue weighted by molar-refractivity contribution is -0.150. The molecule has 1 aromatic rings. The minimum Gasteiger partial charge on any atom is -0.456 e. The van der Waals surface area contributed by atoms with E-state index in [1.165, 1.54) is 11.8 Å². The predicted molar refractivity (Wildman–Crippen MR) is 123 cm³/mol. The fraction of sp³-hybridized carbons (Fsp3) is 0.435. The molecule has 1 saturated carbocycles. The Morgan fingerprint density at radius 1 is 1.32 bits per heavy atom. The first-order valence-corrected chi connectivity index (χ1v) is 11.6. The number of amides is 1. The van der Waals surface area contributed by atoms with Crippen LogP contribution in [0.25, 0.3) is 0 Å². The Balaban J connectivity index is 1.72. The lowest BCUT2D eigenvalue weighted by atomic mass is 9.93. The Morgan fingerprint density at radius 2 is 2.06 bits per heavy atom. The summed E-state index contributed by atoms with van der Waals surface area (Å²) in [6.07, 6.45) is 2.29. The van der Waals surface area contributed by atoms with Crippen LogP contribution in [0.3, 0.4) is 0 Å². The highest BCUT2D eigenvalue weighted by molar-refractivity contribution is 8.16. The molecule has 0 aromatic heterocycles. The van der Waals surface area contributed by atoms with Crippen LogP contribution >= 0.6 is 23.4 Å². The number of amidine groups is 1. The number of carbonyl (C=O) groups is 2. The third-order valence-electron chi connectivity index (χ3n) is 5.07. The number of esters is 1. The van der Waals surface area contributed by atoms with Crippen LogP contribution in [0.5, 0.6) is 0 Å². The van der Waals surface area contributed by atoms with Crippen LogP contribution in [0.2, 0.25) is 5.02 Å². The second kappa shape index (κ2) is 8.36. The van der Waals surface area contributed by atoms with E-state index in [-0.39, 0.29) is 12.3 Å². The molecule has 1 aromatic carbocycles. The van der Waals surface area contributed by atoms with Gasteiger partial charge in [0.1, 0.15) is 5.60 Å². The number of allylic oxidation sites excluding steroid dienone is 1. The first-order valence-electron chi connectivity index (χ1n) is 10.3. The minimum absolute atomic E-state index is 0.0227. The Labute approximate surface area is 191 Å². The van der Waals surface area contributed by atoms with Gasteiger partial charge in [0, 0.05) is 16.8 Å². The van der Waals surface area contributed by atoms with Gasteiger partial charge in [-0.05, 0) is 63.6 Å². The van der Waals surface area contributed by atoms with E-state index in [0.29, 0.717) is 22.3 Å². The molecule has 1 N–H and O–H groups in total. The largest absolute Gasteiger partial charge is 0.456 e. The molecule has 3 aliphatic rings. The van der Waals surface area contributed by atoms with Crippen LogP contribution in [-0.2, 0) is 14.3 Å². The van der Waals surface area contributed by atoms with E-state index < -0.39 is 17.6 Å². The van der Waals surface area contributed by atoms with Gasteiger partial charge in [-0.3, -0.25) is 4.79 Å². The number of ether oxygens (including phenoxy) is 1. The monoisotopic (exact) mass is 459 g/mol. The maximum atomic E-state index is 13.2. The molecule has 8 heteroatoms. The van der Waals surface area contributed by atoms with Crippen LogP contribution in [0.1, 0.15) is 58.6 Å². The second-order valence-electron chi connectivity index (χ2n) is 8.97. The van der Waals surface area contributed by atoms with E-state index in [1.807, 2.05) is 56.2 Å². The third-order valence-corrected chi connectivity index (χ3v) is 6.19. The number of halogens is 1. The summed E-state index contributed by atoms with van der Waals surface area (Å²) in [5.74, 6) is -0.443. The zero-order valence-electron chi connectivity index (χ0n) is 18.1. The van der Waals surface area contributed by atoms with Gasteiger partial charge in [0.15, 0.2) is 5.17 Å². The molecule has 31 heavy (non-hydrogen) atoms. The van der Waals surface area contributed by atoms with Gasteiger partial charge >= 0.3 is 5.97 Å². The lowest BCUT2D eigenvalue weighted by Crippen LogP contribution is -2.39. The Bertz CT molecular complexity index is 1020. The average molecular weight is 460 g/mol. The topological polar surface area (TPSA) is 71.0 Å². The van der Waals surface area contributed by atoms with Crippen molar-refractivity contribution >= 4 is 40.4 Å². The summed E-state index contributed by atoms with van der Waals surface area (Å²) < 4.78 is 5.72. The van der Waals surface area contributed by atoms with Crippen LogP contribution in [0.4, 0.5) is 0 Å². The highest BCUT2D eigenvalue weighted by Crippen LogP contribution is 2.45. The van der Waals surface area contributed by atoms with Gasteiger partial charge in [-0.2, -0.15) is 0 Å². The number of fused-ring (bicyclic) bond motifs is 1. The van der Waals surface area contributed by atoms with Gasteiger partial charge in [-0.25, -0.2) is 9.79 Å². The molecule has 0 radical (unpaired) electrons. The molecule has 6 nitrogen and oxygen atoms in total. The molecule has 164 valence electrons. The molecule has 1 fully saturated rings. The van der Waals surface area contributed by atoms with Crippen molar-refractivity contribution in [1.29, 1.82) is 0 Å². The van der Waals surface area contributed by atoms with Gasteiger partial charge < -0.3 is 15.0 Å². The number of aliphatic imine (C=N–C) groups is 1. The normalized spacial score (nSPS) is 20.8. The maximum absolute atomic E-state index is 13.2. The molecule has 4 rings (SSSR count). The highest BCUT2D eigenvalue weighted by atomic mass is 35.5. The van der Waals surface area contributed by atoms with E-state index in [2.05, 4.69) is 10.3 Å². The molecule has 2 heterocycles. The van der Waals surface area contributed by atoms with E-state index in [0.717, 1.165) is 29.3 Å². The number of benzene rings is 1. The van der Waals surface area contributed by atoms with Gasteiger partial charge in [0.05, 0.1) is 23.7 Å². The third kappa shape index (κ3) is 4.99. The zero-order chi connectivity index (χ0) is 22.3. The van der Waals surface area contributed by atoms with Crippen molar-refractivity contribution in [2.24, 2.45) is 4.99 Å². The standard InChI is InChI=1S/C23H26ClN3O3S/c1-13-19(21(29)30-23(2,3)4)20(14-6-5-7-15(24)10-14)27-17(12-31-22(27)25-13)11-18(28)26-16-8-9-16/h5-7,10,12,16,20H,8-9,11H2,1-4H3,(H,26,28). The smallest absolute Gasteiger partial charge is 0.338 e. The quantitative estimate of drug-likeness (QED) is 0.632. The van der Waals surface area contributed by atoms with Crippen molar-refractivity contribution in [3.8, 4) is 0 Å². The van der Waals surface area contributed by atoms with E-state index in [1.54, 1.807) is 6.07 Å². The van der Waals surface area contributed by atoms with Crippen molar-refractivity contribution in [3.63, 3.8) is 0 Å². The molecule has 2 aliphatic heterocycles. The van der Waals surface area contributed by atoms with Crippen LogP contribution in [0.15, 0.2) is 51.6 Å². The fourth-order valence-electron chi connectivity index (χ4n) is 3.63. The summed E-state index contributed by atoms with van der Waals surface area (Å²) in [5, 5.41) is 6.29. The molecular weight excluding hydrogens is 434 g/mol. The maximum Gasteiger partial charge on any atom is 0.338 e. The first kappa shape index (κ1) is 22.0. The van der Waals surface area contributed by atoms with Gasteiger partial charge in [-0.1, -0.05) is 35.5 Å². The molecular formula is C23H26ClN3O3S. The summed E-state index contributed by atoms with van der Waals surface area (Å²) in [6, 6.07) is 7.25. The van der Waals surface area contributed by atoms with Crippen molar-refractivity contribution in [3.05, 3.63) is 57.2 Å². The van der Waals surface area contributed by atoms with Crippen molar-refractivity contribution in [1.82, 2.24) is 10.2 Å². The van der Waals surface area contributed by atoms with Crippen molar-refractivity contribution in [2.45, 2.75) is 64.6 Å². The predicted octanol–water partition coefficient (Wildman–Crippen LogP) is 4.93. The van der Waals surface area contributed by atoms with Crippen LogP contribution < -0.4 is 5.32 Å². The summed E-state index contributed by atoms with van der Waals surface area (Å²) in [6.45, 7) is 7.34. The summed E-state index contributed by atoms with van der Waals surface area (Å²) in [7, 11) is 0. The SMILES string of the molecule is CC1=C(C(=O)OC(C)(C)C)C(c2cccc(Cl)c2)N2C(CC(=O)NC3CC3)=CSC2=N1. The number of thioether (sulfide) groups is 1. The van der Waals surface area contributed by atoms with E-state index in [4.69, 9.17) is 16.3 Å². The Hall–Kier alpha value is -2.25. The number of carbonyl (C=O) groups excluding carboxylic acids is 2. The van der Waals surface area contributed by atoms with Crippen molar-refractivity contribution in [2.75, 3.05) is 0 Å². The van der Waals surface area contributed by atoms with E-state index >= 15 is 0 Å². The molecule has 0 bridgehead atoms. The number of rotatable bonds is 5. The Morgan fingerprint density at radius 3 is 2.71 bits per heavy atom. The first-order chi connectivity index (χ1) is 14.6. The van der Waals surface area contributed by atoms with Gasteiger partial charge in [0.2, 0.25) is 5.91 Å². The average Bonchev–Trinajstić information content (AvgIpc) is 3.38. The number of hydrogen-bond donors (Lipinski definition) is 1. The highest BCUT2D eigenvalue weighted by Gasteiger charge is 2.42. The molecule has 1 aliphatic carbocycles. The fourth-order valence-corrected chi connectivity index (χ4v) is 4.79. The molecule has 0 saturated heterocycles. The van der Waals surface area contributed by atoms with Crippen molar-refractivity contribution < 1.29 is 14.3 Å². The summed E-state index contributed by atoms with van der Waals surface area (Å²) in [4.78, 5) is 32.4. The number of hydrogen-bond acceptors (Lipinski definition) is 6. The lowest BCUT2D eigenvalue weighted by Gasteiger charge is -2.37. The van der Waals surface area contributed by atoms with Gasteiger partial charge in [-0.15, -0.1) is 0 Å². The van der Waals surface area contributed by atoms with Crippen LogP contribution in [0, 0.1) is 0 Å². The van der Waals surface area contributed by atoms with Gasteiger partial charge in [0.25, 0.3) is 0 Å². The second-order valence-corrected chi connectivity index (χ2v) is 10.2. The number of nitrogens with zero attached hydrogens (tertiary/aromatic N) is 2. The summed E-state index contributed by atoms with van der Waals surface area (Å²) in [5.41, 5.74) is 2.07. The molecule has 1 unspecified atom stereocenters. The molecule has 1 amide bonds.